The van der Waals surface area contributed by atoms with Gasteiger partial charge in [-0.1, -0.05) is 64.9 Å². The number of benzene rings is 2. The van der Waals surface area contributed by atoms with Gasteiger partial charge in [0.1, 0.15) is 5.69 Å². The zero-order valence-corrected chi connectivity index (χ0v) is 18.0. The number of rotatable bonds is 5. The van der Waals surface area contributed by atoms with Gasteiger partial charge in [0, 0.05) is 5.69 Å². The molecule has 0 aliphatic heterocycles. The van der Waals surface area contributed by atoms with Gasteiger partial charge in [0.2, 0.25) is 0 Å². The lowest BCUT2D eigenvalue weighted by molar-refractivity contribution is 0.0697. The molecule has 0 radical (unpaired) electrons. The molecular weight excluding hydrogens is 445 g/mol. The number of carboxylic acid groups (broad SMARTS) is 1. The zero-order valence-electron chi connectivity index (χ0n) is 15.6. The SMILES string of the molecule is Cc1[nH]c(C(=O)N(Cc2ccccc2)c2nc3ccc(C(=O)O)cc3s2)c(Cl)c1Cl. The highest BCUT2D eigenvalue weighted by molar-refractivity contribution is 7.22. The maximum atomic E-state index is 13.4. The second-order valence-corrected chi connectivity index (χ2v) is 8.38. The molecule has 152 valence electrons. The summed E-state index contributed by atoms with van der Waals surface area (Å²) in [6, 6.07) is 14.2. The summed E-state index contributed by atoms with van der Waals surface area (Å²) in [5.41, 5.74) is 2.45. The van der Waals surface area contributed by atoms with Gasteiger partial charge in [0.05, 0.1) is 32.4 Å². The van der Waals surface area contributed by atoms with Gasteiger partial charge < -0.3 is 10.1 Å². The predicted octanol–water partition coefficient (Wildman–Crippen LogP) is 5.78. The summed E-state index contributed by atoms with van der Waals surface area (Å²) in [6.45, 7) is 1.99. The number of aromatic nitrogens is 2. The van der Waals surface area contributed by atoms with Crippen LogP contribution in [0.5, 0.6) is 0 Å². The fourth-order valence-electron chi connectivity index (χ4n) is 3.01. The van der Waals surface area contributed by atoms with Crippen molar-refractivity contribution in [3.63, 3.8) is 0 Å². The van der Waals surface area contributed by atoms with Gasteiger partial charge in [-0.05, 0) is 30.7 Å². The molecule has 6 nitrogen and oxygen atoms in total. The smallest absolute Gasteiger partial charge is 0.335 e. The molecule has 0 saturated carbocycles. The number of thiazole rings is 1. The Morgan fingerprint density at radius 2 is 1.87 bits per heavy atom. The largest absolute Gasteiger partial charge is 0.478 e. The van der Waals surface area contributed by atoms with Crippen molar-refractivity contribution in [3.8, 4) is 0 Å². The molecule has 2 N–H and O–H groups in total. The van der Waals surface area contributed by atoms with Crippen LogP contribution in [0.2, 0.25) is 10.0 Å². The van der Waals surface area contributed by atoms with Crippen LogP contribution in [0, 0.1) is 6.92 Å². The average Bonchev–Trinajstić information content (AvgIpc) is 3.28. The van der Waals surface area contributed by atoms with Gasteiger partial charge in [-0.3, -0.25) is 9.69 Å². The first kappa shape index (κ1) is 20.4. The molecule has 9 heteroatoms. The number of carboxylic acids is 1. The molecular formula is C21H15Cl2N3O3S. The maximum Gasteiger partial charge on any atom is 0.335 e. The minimum atomic E-state index is -1.02. The second-order valence-electron chi connectivity index (χ2n) is 6.61. The van der Waals surface area contributed by atoms with E-state index in [2.05, 4.69) is 9.97 Å². The Morgan fingerprint density at radius 1 is 1.13 bits per heavy atom. The van der Waals surface area contributed by atoms with Crippen molar-refractivity contribution in [3.05, 3.63) is 81.1 Å². The number of nitrogens with one attached hydrogen (secondary N) is 1. The van der Waals surface area contributed by atoms with Crippen LogP contribution in [-0.2, 0) is 6.54 Å². The van der Waals surface area contributed by atoms with Crippen molar-refractivity contribution in [2.45, 2.75) is 13.5 Å². The summed E-state index contributed by atoms with van der Waals surface area (Å²) in [5.74, 6) is -1.40. The molecule has 30 heavy (non-hydrogen) atoms. The molecule has 0 spiro atoms. The van der Waals surface area contributed by atoms with E-state index in [4.69, 9.17) is 23.2 Å². The second kappa shape index (κ2) is 8.10. The van der Waals surface area contributed by atoms with Gasteiger partial charge in [-0.25, -0.2) is 9.78 Å². The van der Waals surface area contributed by atoms with E-state index in [1.807, 2.05) is 30.3 Å². The summed E-state index contributed by atoms with van der Waals surface area (Å²) in [4.78, 5) is 33.7. The Bertz CT molecular complexity index is 1270. The third-order valence-electron chi connectivity index (χ3n) is 4.55. The number of nitrogens with zero attached hydrogens (tertiary/aromatic N) is 2. The lowest BCUT2D eigenvalue weighted by Crippen LogP contribution is -2.30. The van der Waals surface area contributed by atoms with E-state index in [0.717, 1.165) is 5.56 Å². The normalized spacial score (nSPS) is 11.0. The number of carbonyl (C=O) groups is 2. The number of halogens is 2. The first-order valence-electron chi connectivity index (χ1n) is 8.88. The first-order chi connectivity index (χ1) is 14.3. The highest BCUT2D eigenvalue weighted by atomic mass is 35.5. The molecule has 0 bridgehead atoms. The van der Waals surface area contributed by atoms with E-state index in [0.29, 0.717) is 26.1 Å². The van der Waals surface area contributed by atoms with Gasteiger partial charge in [0.25, 0.3) is 5.91 Å². The van der Waals surface area contributed by atoms with E-state index in [1.54, 1.807) is 19.1 Å². The summed E-state index contributed by atoms with van der Waals surface area (Å²) >= 11 is 13.7. The van der Waals surface area contributed by atoms with Crippen LogP contribution >= 0.6 is 34.5 Å². The Hall–Kier alpha value is -2.87. The average molecular weight is 460 g/mol. The van der Waals surface area contributed by atoms with Crippen molar-refractivity contribution < 1.29 is 14.7 Å². The van der Waals surface area contributed by atoms with Crippen LogP contribution in [-0.4, -0.2) is 27.0 Å². The number of aryl methyl sites for hydroxylation is 1. The highest BCUT2D eigenvalue weighted by Crippen LogP contribution is 2.34. The number of hydrogen-bond acceptors (Lipinski definition) is 4. The fourth-order valence-corrected chi connectivity index (χ4v) is 4.42. The quantitative estimate of drug-likeness (QED) is 0.395. The number of hydrogen-bond donors (Lipinski definition) is 2. The third kappa shape index (κ3) is 3.79. The molecule has 0 atom stereocenters. The molecule has 2 aromatic carbocycles. The number of aromatic amines is 1. The first-order valence-corrected chi connectivity index (χ1v) is 10.5. The van der Waals surface area contributed by atoms with Crippen LogP contribution in [0.25, 0.3) is 10.2 Å². The standard InChI is InChI=1S/C21H15Cl2N3O3S/c1-11-16(22)17(23)18(24-11)19(27)26(10-12-5-3-2-4-6-12)21-25-14-8-7-13(20(28)29)9-15(14)30-21/h2-9,24H,10H2,1H3,(H,28,29). The zero-order chi connectivity index (χ0) is 21.4. The van der Waals surface area contributed by atoms with E-state index in [-0.39, 0.29) is 28.7 Å². The fraction of sp³-hybridized carbons (Fsp3) is 0.0952. The lowest BCUT2D eigenvalue weighted by atomic mass is 10.2. The third-order valence-corrected chi connectivity index (χ3v) is 6.54. The lowest BCUT2D eigenvalue weighted by Gasteiger charge is -2.19. The molecule has 0 aliphatic rings. The molecule has 0 fully saturated rings. The van der Waals surface area contributed by atoms with Gasteiger partial charge in [-0.15, -0.1) is 0 Å². The predicted molar refractivity (Wildman–Crippen MR) is 119 cm³/mol. The van der Waals surface area contributed by atoms with Crippen LogP contribution in [0.1, 0.15) is 32.1 Å². The van der Waals surface area contributed by atoms with Crippen molar-refractivity contribution in [1.82, 2.24) is 9.97 Å². The number of amides is 1. The number of aromatic carboxylic acids is 1. The van der Waals surface area contributed by atoms with E-state index < -0.39 is 5.97 Å². The van der Waals surface area contributed by atoms with Crippen LogP contribution in [0.4, 0.5) is 5.13 Å². The van der Waals surface area contributed by atoms with Gasteiger partial charge >= 0.3 is 5.97 Å². The monoisotopic (exact) mass is 459 g/mol. The van der Waals surface area contributed by atoms with E-state index in [1.165, 1.54) is 22.3 Å². The number of fused-ring (bicyclic) bond motifs is 1. The van der Waals surface area contributed by atoms with Gasteiger partial charge in [-0.2, -0.15) is 0 Å². The molecule has 4 aromatic rings. The molecule has 0 saturated heterocycles. The summed E-state index contributed by atoms with van der Waals surface area (Å²) in [5, 5.41) is 10.1. The Kier molecular flexibility index (Phi) is 5.51. The minimum Gasteiger partial charge on any atom is -0.478 e. The number of carbonyl (C=O) groups excluding carboxylic acids is 1. The van der Waals surface area contributed by atoms with Crippen LogP contribution < -0.4 is 4.90 Å². The topological polar surface area (TPSA) is 86.3 Å². The molecule has 1 amide bonds. The summed E-state index contributed by atoms with van der Waals surface area (Å²) in [7, 11) is 0. The number of anilines is 1. The maximum absolute atomic E-state index is 13.4. The molecule has 0 aliphatic carbocycles. The van der Waals surface area contributed by atoms with Crippen LogP contribution in [0.3, 0.4) is 0 Å². The van der Waals surface area contributed by atoms with Crippen molar-refractivity contribution >= 4 is 61.8 Å². The van der Waals surface area contributed by atoms with Gasteiger partial charge in [0.15, 0.2) is 5.13 Å². The van der Waals surface area contributed by atoms with E-state index in [9.17, 15) is 14.7 Å². The molecule has 2 aromatic heterocycles. The summed E-state index contributed by atoms with van der Waals surface area (Å²) in [6.07, 6.45) is 0. The summed E-state index contributed by atoms with van der Waals surface area (Å²) < 4.78 is 0.669. The highest BCUT2D eigenvalue weighted by Gasteiger charge is 2.27. The Balaban J connectivity index is 1.80. The number of H-pyrrole nitrogens is 1. The molecule has 2 heterocycles. The Morgan fingerprint density at radius 3 is 2.50 bits per heavy atom. The molecule has 0 unspecified atom stereocenters. The minimum absolute atomic E-state index is 0.159. The van der Waals surface area contributed by atoms with Crippen molar-refractivity contribution in [2.24, 2.45) is 0 Å². The van der Waals surface area contributed by atoms with Crippen LogP contribution in [0.15, 0.2) is 48.5 Å². The van der Waals surface area contributed by atoms with Crippen molar-refractivity contribution in [1.29, 1.82) is 0 Å². The Labute approximate surface area is 185 Å². The van der Waals surface area contributed by atoms with Crippen molar-refractivity contribution in [2.75, 3.05) is 4.90 Å². The van der Waals surface area contributed by atoms with E-state index >= 15 is 0 Å². The molecule has 4 rings (SSSR count).